The van der Waals surface area contributed by atoms with E-state index in [0.29, 0.717) is 5.75 Å². The van der Waals surface area contributed by atoms with E-state index in [2.05, 4.69) is 0 Å². The third-order valence-electron chi connectivity index (χ3n) is 2.64. The Balaban J connectivity index is 2.26. The van der Waals surface area contributed by atoms with Gasteiger partial charge in [-0.15, -0.1) is 0 Å². The number of ether oxygens (including phenoxy) is 1. The molecule has 0 aliphatic carbocycles. The molecule has 0 aliphatic heterocycles. The molecule has 2 aromatic rings. The molecule has 2 aromatic carbocycles. The third-order valence-corrected chi connectivity index (χ3v) is 2.64. The summed E-state index contributed by atoms with van der Waals surface area (Å²) < 4.78 is 5.75. The van der Waals surface area contributed by atoms with Crippen molar-refractivity contribution in [2.75, 3.05) is 0 Å². The molecule has 1 N–H and O–H groups in total. The summed E-state index contributed by atoms with van der Waals surface area (Å²) in [5.41, 5.74) is 3.12. The van der Waals surface area contributed by atoms with Crippen molar-refractivity contribution in [3.63, 3.8) is 0 Å². The zero-order valence-electron chi connectivity index (χ0n) is 10.1. The topological polar surface area (TPSA) is 29.5 Å². The average Bonchev–Trinajstić information content (AvgIpc) is 2.34. The van der Waals surface area contributed by atoms with Gasteiger partial charge in [-0.25, -0.2) is 0 Å². The molecule has 2 rings (SSSR count). The van der Waals surface area contributed by atoms with Gasteiger partial charge in [0.25, 0.3) is 0 Å². The summed E-state index contributed by atoms with van der Waals surface area (Å²) in [6.45, 7) is 4.02. The van der Waals surface area contributed by atoms with Crippen molar-refractivity contribution in [3.8, 4) is 11.5 Å². The van der Waals surface area contributed by atoms with Gasteiger partial charge in [0.05, 0.1) is 6.61 Å². The maximum atomic E-state index is 9.29. The quantitative estimate of drug-likeness (QED) is 0.870. The van der Waals surface area contributed by atoms with Gasteiger partial charge in [-0.1, -0.05) is 35.4 Å². The van der Waals surface area contributed by atoms with Crippen molar-refractivity contribution in [2.24, 2.45) is 0 Å². The molecule has 0 heterocycles. The lowest BCUT2D eigenvalue weighted by molar-refractivity contribution is 0.276. The minimum Gasteiger partial charge on any atom is -0.457 e. The fourth-order valence-electron chi connectivity index (χ4n) is 1.66. The predicted octanol–water partition coefficient (Wildman–Crippen LogP) is 3.59. The first kappa shape index (κ1) is 11.7. The van der Waals surface area contributed by atoms with Crippen LogP contribution in [0.2, 0.25) is 0 Å². The number of hydrogen-bond donors (Lipinski definition) is 1. The molecule has 0 amide bonds. The van der Waals surface area contributed by atoms with Crippen LogP contribution in [0.5, 0.6) is 11.5 Å². The number of rotatable bonds is 3. The lowest BCUT2D eigenvalue weighted by Gasteiger charge is -2.10. The molecule has 2 heteroatoms. The summed E-state index contributed by atoms with van der Waals surface area (Å²) in [7, 11) is 0. The number of aryl methyl sites for hydroxylation is 2. The van der Waals surface area contributed by atoms with E-state index in [4.69, 9.17) is 4.74 Å². The second-order valence-corrected chi connectivity index (χ2v) is 4.18. The van der Waals surface area contributed by atoms with E-state index in [-0.39, 0.29) is 6.61 Å². The molecule has 17 heavy (non-hydrogen) atoms. The molecule has 0 spiro atoms. The number of aliphatic hydroxyl groups excluding tert-OH is 1. The van der Waals surface area contributed by atoms with Crippen molar-refractivity contribution in [1.82, 2.24) is 0 Å². The first-order valence-electron chi connectivity index (χ1n) is 5.64. The van der Waals surface area contributed by atoms with Crippen LogP contribution in [0.25, 0.3) is 0 Å². The van der Waals surface area contributed by atoms with E-state index in [1.54, 1.807) is 0 Å². The zero-order valence-corrected chi connectivity index (χ0v) is 10.1. The zero-order chi connectivity index (χ0) is 12.3. The van der Waals surface area contributed by atoms with Crippen molar-refractivity contribution in [2.45, 2.75) is 20.5 Å². The van der Waals surface area contributed by atoms with Crippen molar-refractivity contribution >= 4 is 0 Å². The summed E-state index contributed by atoms with van der Waals surface area (Å²) in [6.07, 6.45) is 0. The molecule has 2 nitrogen and oxygen atoms in total. The van der Waals surface area contributed by atoms with Crippen LogP contribution in [0.15, 0.2) is 42.5 Å². The van der Waals surface area contributed by atoms with Crippen LogP contribution >= 0.6 is 0 Å². The SMILES string of the molecule is Cc1ccc(Oc2ccc(C)cc2CO)cc1. The molecule has 0 fully saturated rings. The lowest BCUT2D eigenvalue weighted by atomic mass is 10.1. The highest BCUT2D eigenvalue weighted by Gasteiger charge is 2.04. The third kappa shape index (κ3) is 2.86. The first-order valence-corrected chi connectivity index (χ1v) is 5.64. The van der Waals surface area contributed by atoms with E-state index >= 15 is 0 Å². The average molecular weight is 228 g/mol. The molecule has 0 unspecified atom stereocenters. The smallest absolute Gasteiger partial charge is 0.132 e. The van der Waals surface area contributed by atoms with Gasteiger partial charge < -0.3 is 9.84 Å². The lowest BCUT2D eigenvalue weighted by Crippen LogP contribution is -1.92. The molecule has 0 aromatic heterocycles. The molecule has 0 saturated heterocycles. The maximum absolute atomic E-state index is 9.29. The Hall–Kier alpha value is -1.80. The number of hydrogen-bond acceptors (Lipinski definition) is 2. The Labute approximate surface area is 101 Å². The standard InChI is InChI=1S/C15H16O2/c1-11-3-6-14(7-4-11)17-15-8-5-12(2)9-13(15)10-16/h3-9,16H,10H2,1-2H3. The fraction of sp³-hybridized carbons (Fsp3) is 0.200. The van der Waals surface area contributed by atoms with Gasteiger partial charge in [-0.2, -0.15) is 0 Å². The Morgan fingerprint density at radius 3 is 2.24 bits per heavy atom. The van der Waals surface area contributed by atoms with Gasteiger partial charge in [0, 0.05) is 5.56 Å². The summed E-state index contributed by atoms with van der Waals surface area (Å²) in [6, 6.07) is 13.7. The van der Waals surface area contributed by atoms with Gasteiger partial charge >= 0.3 is 0 Å². The summed E-state index contributed by atoms with van der Waals surface area (Å²) >= 11 is 0. The summed E-state index contributed by atoms with van der Waals surface area (Å²) in [5, 5.41) is 9.29. The molecule has 0 atom stereocenters. The minimum absolute atomic E-state index is 0.0110. The van der Waals surface area contributed by atoms with Gasteiger partial charge in [0.2, 0.25) is 0 Å². The molecule has 0 aliphatic rings. The Morgan fingerprint density at radius 2 is 1.59 bits per heavy atom. The molecule has 88 valence electrons. The second-order valence-electron chi connectivity index (χ2n) is 4.18. The van der Waals surface area contributed by atoms with Crippen LogP contribution in [0, 0.1) is 13.8 Å². The second kappa shape index (κ2) is 5.02. The van der Waals surface area contributed by atoms with Crippen molar-refractivity contribution in [1.29, 1.82) is 0 Å². The van der Waals surface area contributed by atoms with Crippen LogP contribution in [0.1, 0.15) is 16.7 Å². The largest absolute Gasteiger partial charge is 0.457 e. The van der Waals surface area contributed by atoms with Crippen LogP contribution in [-0.2, 0) is 6.61 Å². The molecule has 0 bridgehead atoms. The van der Waals surface area contributed by atoms with Gasteiger partial charge in [-0.05, 0) is 32.0 Å². The van der Waals surface area contributed by atoms with Crippen LogP contribution < -0.4 is 4.74 Å². The van der Waals surface area contributed by atoms with Gasteiger partial charge in [-0.3, -0.25) is 0 Å². The Kier molecular flexibility index (Phi) is 3.45. The molecular weight excluding hydrogens is 212 g/mol. The molecule has 0 radical (unpaired) electrons. The first-order chi connectivity index (χ1) is 8.19. The van der Waals surface area contributed by atoms with E-state index in [1.165, 1.54) is 5.56 Å². The van der Waals surface area contributed by atoms with Crippen LogP contribution in [0.3, 0.4) is 0 Å². The summed E-state index contributed by atoms with van der Waals surface area (Å²) in [4.78, 5) is 0. The minimum atomic E-state index is -0.0110. The fourth-order valence-corrected chi connectivity index (χ4v) is 1.66. The van der Waals surface area contributed by atoms with Crippen molar-refractivity contribution in [3.05, 3.63) is 59.2 Å². The van der Waals surface area contributed by atoms with E-state index < -0.39 is 0 Å². The molecular formula is C15H16O2. The van der Waals surface area contributed by atoms with Crippen LogP contribution in [-0.4, -0.2) is 5.11 Å². The highest BCUT2D eigenvalue weighted by molar-refractivity contribution is 5.40. The van der Waals surface area contributed by atoms with Crippen molar-refractivity contribution < 1.29 is 9.84 Å². The van der Waals surface area contributed by atoms with E-state index in [0.717, 1.165) is 16.9 Å². The predicted molar refractivity (Wildman–Crippen MR) is 68.4 cm³/mol. The highest BCUT2D eigenvalue weighted by Crippen LogP contribution is 2.26. The van der Waals surface area contributed by atoms with E-state index in [9.17, 15) is 5.11 Å². The Bertz CT molecular complexity index is 501. The number of aliphatic hydroxyl groups is 1. The van der Waals surface area contributed by atoms with E-state index in [1.807, 2.05) is 56.3 Å². The number of benzene rings is 2. The normalized spacial score (nSPS) is 10.3. The van der Waals surface area contributed by atoms with Crippen LogP contribution in [0.4, 0.5) is 0 Å². The molecule has 0 saturated carbocycles. The Morgan fingerprint density at radius 1 is 0.941 bits per heavy atom. The highest BCUT2D eigenvalue weighted by atomic mass is 16.5. The van der Waals surface area contributed by atoms with Gasteiger partial charge in [0.1, 0.15) is 11.5 Å². The monoisotopic (exact) mass is 228 g/mol. The maximum Gasteiger partial charge on any atom is 0.132 e. The van der Waals surface area contributed by atoms with Gasteiger partial charge in [0.15, 0.2) is 0 Å². The summed E-state index contributed by atoms with van der Waals surface area (Å²) in [5.74, 6) is 1.50.